The van der Waals surface area contributed by atoms with Crippen LogP contribution in [-0.4, -0.2) is 37.1 Å². The average Bonchev–Trinajstić information content (AvgIpc) is 2.56. The van der Waals surface area contributed by atoms with Crippen molar-refractivity contribution in [3.63, 3.8) is 0 Å². The highest BCUT2D eigenvalue weighted by molar-refractivity contribution is 5.76. The number of aryl methyl sites for hydroxylation is 1. The summed E-state index contributed by atoms with van der Waals surface area (Å²) in [6.07, 6.45) is 1.21. The van der Waals surface area contributed by atoms with E-state index >= 15 is 0 Å². The van der Waals surface area contributed by atoms with Gasteiger partial charge in [0.2, 0.25) is 0 Å². The van der Waals surface area contributed by atoms with Crippen LogP contribution in [0.4, 0.5) is 9.18 Å². The van der Waals surface area contributed by atoms with Gasteiger partial charge in [-0.15, -0.1) is 0 Å². The first-order valence-electron chi connectivity index (χ1n) is 7.81. The fourth-order valence-corrected chi connectivity index (χ4v) is 2.72. The number of likely N-dealkylation sites (tertiary alicyclic amines) is 1. The highest BCUT2D eigenvalue weighted by atomic mass is 19.1. The molecule has 1 aliphatic heterocycles. The van der Waals surface area contributed by atoms with Gasteiger partial charge in [0.25, 0.3) is 0 Å². The number of ether oxygens (including phenoxy) is 1. The Morgan fingerprint density at radius 3 is 2.57 bits per heavy atom. The highest BCUT2D eigenvalue weighted by Crippen LogP contribution is 2.20. The minimum absolute atomic E-state index is 0.132. The Kier molecular flexibility index (Phi) is 5.58. The standard InChI is InChI=1S/C17H23FN2O3/c1-11-4-5-14(10-15(11)18)12(2)19-17(22)20-8-6-13(7-9-20)16(21)23-3/h4-5,10,12-13H,6-9H2,1-3H3,(H,19,22). The molecule has 5 nitrogen and oxygen atoms in total. The number of amides is 2. The number of methoxy groups -OCH3 is 1. The number of piperidine rings is 1. The lowest BCUT2D eigenvalue weighted by Crippen LogP contribution is -2.46. The van der Waals surface area contributed by atoms with Crippen LogP contribution in [0.3, 0.4) is 0 Å². The lowest BCUT2D eigenvalue weighted by Gasteiger charge is -2.31. The fourth-order valence-electron chi connectivity index (χ4n) is 2.72. The van der Waals surface area contributed by atoms with E-state index in [1.165, 1.54) is 13.2 Å². The number of hydrogen-bond acceptors (Lipinski definition) is 3. The largest absolute Gasteiger partial charge is 0.469 e. The SMILES string of the molecule is COC(=O)C1CCN(C(=O)NC(C)c2ccc(C)c(F)c2)CC1. The van der Waals surface area contributed by atoms with E-state index in [0.29, 0.717) is 31.5 Å². The minimum atomic E-state index is -0.282. The van der Waals surface area contributed by atoms with Gasteiger partial charge in [-0.3, -0.25) is 4.79 Å². The molecule has 1 aliphatic rings. The monoisotopic (exact) mass is 322 g/mol. The van der Waals surface area contributed by atoms with Gasteiger partial charge in [0.1, 0.15) is 5.82 Å². The van der Waals surface area contributed by atoms with Crippen LogP contribution >= 0.6 is 0 Å². The van der Waals surface area contributed by atoms with E-state index in [0.717, 1.165) is 5.56 Å². The normalized spacial score (nSPS) is 16.8. The lowest BCUT2D eigenvalue weighted by molar-refractivity contribution is -0.146. The summed E-state index contributed by atoms with van der Waals surface area (Å²) in [5.74, 6) is -0.622. The van der Waals surface area contributed by atoms with Crippen molar-refractivity contribution in [3.8, 4) is 0 Å². The van der Waals surface area contributed by atoms with Crippen LogP contribution in [-0.2, 0) is 9.53 Å². The molecule has 1 unspecified atom stereocenters. The molecular formula is C17H23FN2O3. The summed E-state index contributed by atoms with van der Waals surface area (Å²) in [5, 5.41) is 2.87. The van der Waals surface area contributed by atoms with Gasteiger partial charge < -0.3 is 15.0 Å². The van der Waals surface area contributed by atoms with Crippen LogP contribution in [0.15, 0.2) is 18.2 Å². The molecule has 1 aromatic rings. The van der Waals surface area contributed by atoms with Crippen molar-refractivity contribution in [1.82, 2.24) is 10.2 Å². The van der Waals surface area contributed by atoms with Crippen molar-refractivity contribution in [1.29, 1.82) is 0 Å². The van der Waals surface area contributed by atoms with Crippen LogP contribution in [0.25, 0.3) is 0 Å². The number of carbonyl (C=O) groups is 2. The summed E-state index contributed by atoms with van der Waals surface area (Å²) >= 11 is 0. The third-order valence-electron chi connectivity index (χ3n) is 4.35. The lowest BCUT2D eigenvalue weighted by atomic mass is 9.97. The molecule has 0 spiro atoms. The molecule has 1 atom stereocenters. The quantitative estimate of drug-likeness (QED) is 0.871. The number of urea groups is 1. The molecule has 1 aromatic carbocycles. The van der Waals surface area contributed by atoms with Gasteiger partial charge in [-0.25, -0.2) is 9.18 Å². The molecule has 1 fully saturated rings. The maximum absolute atomic E-state index is 13.6. The third kappa shape index (κ3) is 4.21. The number of nitrogens with one attached hydrogen (secondary N) is 1. The molecule has 6 heteroatoms. The van der Waals surface area contributed by atoms with Gasteiger partial charge in [0, 0.05) is 13.1 Å². The summed E-state index contributed by atoms with van der Waals surface area (Å²) in [4.78, 5) is 25.5. The van der Waals surface area contributed by atoms with Gasteiger partial charge >= 0.3 is 12.0 Å². The number of esters is 1. The van der Waals surface area contributed by atoms with Gasteiger partial charge in [0.15, 0.2) is 0 Å². The van der Waals surface area contributed by atoms with Crippen molar-refractivity contribution in [2.45, 2.75) is 32.7 Å². The second kappa shape index (κ2) is 7.44. The van der Waals surface area contributed by atoms with Crippen molar-refractivity contribution >= 4 is 12.0 Å². The molecule has 1 heterocycles. The Labute approximate surface area is 135 Å². The molecule has 23 heavy (non-hydrogen) atoms. The van der Waals surface area contributed by atoms with E-state index in [1.807, 2.05) is 13.0 Å². The average molecular weight is 322 g/mol. The summed E-state index contributed by atoms with van der Waals surface area (Å²) < 4.78 is 18.4. The van der Waals surface area contributed by atoms with Crippen molar-refractivity contribution in [2.24, 2.45) is 5.92 Å². The van der Waals surface area contributed by atoms with Gasteiger partial charge in [-0.1, -0.05) is 12.1 Å². The Bertz CT molecular complexity index is 583. The molecule has 0 bridgehead atoms. The zero-order chi connectivity index (χ0) is 17.0. The first kappa shape index (κ1) is 17.2. The first-order chi connectivity index (χ1) is 10.9. The van der Waals surface area contributed by atoms with E-state index in [4.69, 9.17) is 4.74 Å². The highest BCUT2D eigenvalue weighted by Gasteiger charge is 2.28. The number of carbonyl (C=O) groups excluding carboxylic acids is 2. The third-order valence-corrected chi connectivity index (χ3v) is 4.35. The smallest absolute Gasteiger partial charge is 0.317 e. The van der Waals surface area contributed by atoms with Crippen LogP contribution in [0.1, 0.15) is 36.9 Å². The van der Waals surface area contributed by atoms with Crippen LogP contribution in [0, 0.1) is 18.7 Å². The van der Waals surface area contributed by atoms with Crippen molar-refractivity contribution in [2.75, 3.05) is 20.2 Å². The first-order valence-corrected chi connectivity index (χ1v) is 7.81. The number of rotatable bonds is 3. The Morgan fingerprint density at radius 1 is 1.35 bits per heavy atom. The fraction of sp³-hybridized carbons (Fsp3) is 0.529. The molecule has 0 aliphatic carbocycles. The van der Waals surface area contributed by atoms with Crippen LogP contribution < -0.4 is 5.32 Å². The predicted octanol–water partition coefficient (Wildman–Crippen LogP) is 2.79. The number of halogens is 1. The van der Waals surface area contributed by atoms with Gasteiger partial charge in [0.05, 0.1) is 19.1 Å². The molecular weight excluding hydrogens is 299 g/mol. The molecule has 2 rings (SSSR count). The van der Waals surface area contributed by atoms with Crippen LogP contribution in [0.5, 0.6) is 0 Å². The summed E-state index contributed by atoms with van der Waals surface area (Å²) in [6, 6.07) is 4.49. The van der Waals surface area contributed by atoms with Crippen molar-refractivity contribution < 1.29 is 18.7 Å². The zero-order valence-electron chi connectivity index (χ0n) is 13.8. The molecule has 0 radical (unpaired) electrons. The van der Waals surface area contributed by atoms with E-state index in [2.05, 4.69) is 5.32 Å². The summed E-state index contributed by atoms with van der Waals surface area (Å²) in [6.45, 7) is 4.55. The maximum atomic E-state index is 13.6. The van der Waals surface area contributed by atoms with E-state index < -0.39 is 0 Å². The molecule has 126 valence electrons. The summed E-state index contributed by atoms with van der Waals surface area (Å²) in [5.41, 5.74) is 1.31. The molecule has 0 aromatic heterocycles. The Morgan fingerprint density at radius 2 is 2.00 bits per heavy atom. The Balaban J connectivity index is 1.89. The van der Waals surface area contributed by atoms with Crippen LogP contribution in [0.2, 0.25) is 0 Å². The second-order valence-electron chi connectivity index (χ2n) is 5.96. The van der Waals surface area contributed by atoms with Gasteiger partial charge in [-0.2, -0.15) is 0 Å². The van der Waals surface area contributed by atoms with Gasteiger partial charge in [-0.05, 0) is 43.9 Å². The number of nitrogens with zero attached hydrogens (tertiary/aromatic N) is 1. The number of benzene rings is 1. The zero-order valence-corrected chi connectivity index (χ0v) is 13.8. The summed E-state index contributed by atoms with van der Waals surface area (Å²) in [7, 11) is 1.38. The number of hydrogen-bond donors (Lipinski definition) is 1. The van der Waals surface area contributed by atoms with E-state index in [-0.39, 0.29) is 29.8 Å². The predicted molar refractivity (Wildman–Crippen MR) is 84.4 cm³/mol. The Hall–Kier alpha value is -2.11. The topological polar surface area (TPSA) is 58.6 Å². The molecule has 1 N–H and O–H groups in total. The van der Waals surface area contributed by atoms with E-state index in [9.17, 15) is 14.0 Å². The van der Waals surface area contributed by atoms with Crippen molar-refractivity contribution in [3.05, 3.63) is 35.1 Å². The maximum Gasteiger partial charge on any atom is 0.317 e. The molecule has 0 saturated carbocycles. The molecule has 1 saturated heterocycles. The molecule has 2 amide bonds. The minimum Gasteiger partial charge on any atom is -0.469 e. The van der Waals surface area contributed by atoms with E-state index in [1.54, 1.807) is 17.9 Å². The second-order valence-corrected chi connectivity index (χ2v) is 5.96.